The number of benzene rings is 1. The van der Waals surface area contributed by atoms with E-state index in [1.807, 2.05) is 18.2 Å². The van der Waals surface area contributed by atoms with E-state index >= 15 is 0 Å². The van der Waals surface area contributed by atoms with Crippen molar-refractivity contribution in [2.75, 3.05) is 33.0 Å². The molecule has 1 N–H and O–H groups in total. The van der Waals surface area contributed by atoms with Crippen LogP contribution in [-0.4, -0.2) is 55.8 Å². The van der Waals surface area contributed by atoms with Crippen molar-refractivity contribution >= 4 is 23.6 Å². The van der Waals surface area contributed by atoms with Crippen molar-refractivity contribution in [3.63, 3.8) is 0 Å². The summed E-state index contributed by atoms with van der Waals surface area (Å²) in [6.07, 6.45) is 2.47. The van der Waals surface area contributed by atoms with E-state index in [0.717, 1.165) is 30.1 Å². The topological polar surface area (TPSA) is 58.6 Å². The molecule has 1 aromatic carbocycles. The first-order valence-corrected chi connectivity index (χ1v) is 8.38. The van der Waals surface area contributed by atoms with Gasteiger partial charge in [-0.2, -0.15) is 0 Å². The van der Waals surface area contributed by atoms with Crippen LogP contribution in [0.5, 0.6) is 0 Å². The van der Waals surface area contributed by atoms with Crippen LogP contribution in [-0.2, 0) is 9.53 Å². The fraction of sp³-hybridized carbons (Fsp3) is 0.500. The molecule has 5 nitrogen and oxygen atoms in total. The van der Waals surface area contributed by atoms with Crippen LogP contribution in [0.15, 0.2) is 29.2 Å². The third-order valence-electron chi connectivity index (χ3n) is 3.48. The van der Waals surface area contributed by atoms with E-state index in [1.165, 1.54) is 4.90 Å². The maximum atomic E-state index is 12.3. The molecule has 1 aromatic rings. The van der Waals surface area contributed by atoms with Crippen molar-refractivity contribution in [3.05, 3.63) is 29.8 Å². The number of amides is 2. The molecule has 0 bridgehead atoms. The highest BCUT2D eigenvalue weighted by Gasteiger charge is 2.18. The van der Waals surface area contributed by atoms with Crippen LogP contribution in [0.3, 0.4) is 0 Å². The second-order valence-electron chi connectivity index (χ2n) is 5.41. The number of rotatable bonds is 6. The van der Waals surface area contributed by atoms with Crippen LogP contribution < -0.4 is 5.32 Å². The fourth-order valence-corrected chi connectivity index (χ4v) is 3.27. The summed E-state index contributed by atoms with van der Waals surface area (Å²) in [7, 11) is 3.33. The van der Waals surface area contributed by atoms with E-state index in [1.54, 1.807) is 31.9 Å². The largest absolute Gasteiger partial charge is 0.377 e. The molecule has 1 aliphatic heterocycles. The number of nitrogens with one attached hydrogen (secondary N) is 1. The molecule has 0 aromatic heterocycles. The van der Waals surface area contributed by atoms with Gasteiger partial charge in [0.15, 0.2) is 0 Å². The maximum Gasteiger partial charge on any atom is 0.252 e. The Balaban J connectivity index is 1.94. The Hall–Kier alpha value is -1.53. The molecule has 0 aliphatic carbocycles. The highest BCUT2D eigenvalue weighted by molar-refractivity contribution is 7.99. The average molecular weight is 322 g/mol. The molecule has 0 spiro atoms. The summed E-state index contributed by atoms with van der Waals surface area (Å²) in [5, 5.41) is 2.67. The Labute approximate surface area is 135 Å². The zero-order valence-electron chi connectivity index (χ0n) is 13.0. The monoisotopic (exact) mass is 322 g/mol. The van der Waals surface area contributed by atoms with Crippen LogP contribution in [0.25, 0.3) is 0 Å². The normalized spacial score (nSPS) is 17.3. The molecule has 1 heterocycles. The van der Waals surface area contributed by atoms with E-state index in [9.17, 15) is 9.59 Å². The first-order chi connectivity index (χ1) is 10.6. The molecule has 22 heavy (non-hydrogen) atoms. The van der Waals surface area contributed by atoms with Crippen molar-refractivity contribution in [2.45, 2.75) is 23.8 Å². The van der Waals surface area contributed by atoms with E-state index in [2.05, 4.69) is 5.32 Å². The van der Waals surface area contributed by atoms with Gasteiger partial charge in [-0.1, -0.05) is 12.1 Å². The second kappa shape index (κ2) is 8.19. The van der Waals surface area contributed by atoms with Gasteiger partial charge in [0.25, 0.3) is 5.91 Å². The number of hydrogen-bond donors (Lipinski definition) is 1. The first-order valence-electron chi connectivity index (χ1n) is 7.39. The zero-order valence-corrected chi connectivity index (χ0v) is 13.8. The lowest BCUT2D eigenvalue weighted by Gasteiger charge is -2.13. The zero-order chi connectivity index (χ0) is 15.9. The first kappa shape index (κ1) is 16.8. The van der Waals surface area contributed by atoms with Crippen LogP contribution in [0.1, 0.15) is 23.2 Å². The highest BCUT2D eigenvalue weighted by Crippen LogP contribution is 2.26. The third kappa shape index (κ3) is 4.74. The summed E-state index contributed by atoms with van der Waals surface area (Å²) in [6.45, 7) is 0.844. The summed E-state index contributed by atoms with van der Waals surface area (Å²) in [6, 6.07) is 7.47. The van der Waals surface area contributed by atoms with Gasteiger partial charge in [-0.05, 0) is 25.0 Å². The Morgan fingerprint density at radius 1 is 1.36 bits per heavy atom. The van der Waals surface area contributed by atoms with Gasteiger partial charge in [-0.3, -0.25) is 9.59 Å². The molecule has 2 amide bonds. The van der Waals surface area contributed by atoms with Crippen molar-refractivity contribution in [1.29, 1.82) is 0 Å². The van der Waals surface area contributed by atoms with Crippen molar-refractivity contribution in [3.8, 4) is 0 Å². The molecule has 2 rings (SSSR count). The van der Waals surface area contributed by atoms with Gasteiger partial charge in [0, 0.05) is 31.4 Å². The standard InChI is InChI=1S/C16H22N2O3S/c1-18(2)15(19)10-17-16(20)13-7-3-4-8-14(13)22-11-12-6-5-9-21-12/h3-4,7-8,12H,5-6,9-11H2,1-2H3,(H,17,20)/t12-/m0/s1. The van der Waals surface area contributed by atoms with E-state index in [4.69, 9.17) is 4.74 Å². The van der Waals surface area contributed by atoms with Crippen molar-refractivity contribution < 1.29 is 14.3 Å². The molecule has 120 valence electrons. The lowest BCUT2D eigenvalue weighted by atomic mass is 10.2. The molecule has 6 heteroatoms. The second-order valence-corrected chi connectivity index (χ2v) is 6.47. The molecule has 1 aliphatic rings. The lowest BCUT2D eigenvalue weighted by molar-refractivity contribution is -0.127. The molecule has 1 fully saturated rings. The summed E-state index contributed by atoms with van der Waals surface area (Å²) >= 11 is 1.63. The molecule has 0 saturated carbocycles. The average Bonchev–Trinajstić information content (AvgIpc) is 3.03. The Bertz CT molecular complexity index is 528. The highest BCUT2D eigenvalue weighted by atomic mass is 32.2. The lowest BCUT2D eigenvalue weighted by Crippen LogP contribution is -2.36. The fourth-order valence-electron chi connectivity index (χ4n) is 2.15. The Morgan fingerprint density at radius 2 is 2.14 bits per heavy atom. The minimum atomic E-state index is -0.217. The predicted octanol–water partition coefficient (Wildman–Crippen LogP) is 1.78. The molecule has 0 radical (unpaired) electrons. The molecule has 0 unspecified atom stereocenters. The number of likely N-dealkylation sites (N-methyl/N-ethyl adjacent to an activating group) is 1. The van der Waals surface area contributed by atoms with Gasteiger partial charge in [0.2, 0.25) is 5.91 Å². The Morgan fingerprint density at radius 3 is 2.82 bits per heavy atom. The molecular formula is C16H22N2O3S. The maximum absolute atomic E-state index is 12.3. The number of nitrogens with zero attached hydrogens (tertiary/aromatic N) is 1. The Kier molecular flexibility index (Phi) is 6.27. The van der Waals surface area contributed by atoms with Gasteiger partial charge in [0.05, 0.1) is 18.2 Å². The number of carbonyl (C=O) groups excluding carboxylic acids is 2. The van der Waals surface area contributed by atoms with Gasteiger partial charge >= 0.3 is 0 Å². The van der Waals surface area contributed by atoms with Crippen molar-refractivity contribution in [2.24, 2.45) is 0 Å². The number of hydrogen-bond acceptors (Lipinski definition) is 4. The summed E-state index contributed by atoms with van der Waals surface area (Å²) in [4.78, 5) is 26.2. The predicted molar refractivity (Wildman–Crippen MR) is 87.2 cm³/mol. The van der Waals surface area contributed by atoms with Crippen LogP contribution in [0.4, 0.5) is 0 Å². The molecule has 1 atom stereocenters. The summed E-state index contributed by atoms with van der Waals surface area (Å²) < 4.78 is 5.61. The van der Waals surface area contributed by atoms with Crippen LogP contribution in [0, 0.1) is 0 Å². The van der Waals surface area contributed by atoms with Crippen molar-refractivity contribution in [1.82, 2.24) is 10.2 Å². The minimum absolute atomic E-state index is 0.0105. The van der Waals surface area contributed by atoms with Gasteiger partial charge in [0.1, 0.15) is 0 Å². The van der Waals surface area contributed by atoms with E-state index in [-0.39, 0.29) is 24.5 Å². The summed E-state index contributed by atoms with van der Waals surface area (Å²) in [5.41, 5.74) is 0.608. The number of ether oxygens (including phenoxy) is 1. The molecule has 1 saturated heterocycles. The SMILES string of the molecule is CN(C)C(=O)CNC(=O)c1ccccc1SC[C@@H]1CCCO1. The smallest absolute Gasteiger partial charge is 0.252 e. The van der Waals surface area contributed by atoms with Gasteiger partial charge in [-0.15, -0.1) is 11.8 Å². The molecular weight excluding hydrogens is 300 g/mol. The van der Waals surface area contributed by atoms with Gasteiger partial charge < -0.3 is 15.0 Å². The van der Waals surface area contributed by atoms with Crippen LogP contribution in [0.2, 0.25) is 0 Å². The number of carbonyl (C=O) groups is 2. The van der Waals surface area contributed by atoms with Gasteiger partial charge in [-0.25, -0.2) is 0 Å². The summed E-state index contributed by atoms with van der Waals surface area (Å²) in [5.74, 6) is 0.504. The number of thioether (sulfide) groups is 1. The third-order valence-corrected chi connectivity index (χ3v) is 4.68. The van der Waals surface area contributed by atoms with E-state index < -0.39 is 0 Å². The van der Waals surface area contributed by atoms with E-state index in [0.29, 0.717) is 5.56 Å². The quantitative estimate of drug-likeness (QED) is 0.811. The van der Waals surface area contributed by atoms with Crippen LogP contribution >= 0.6 is 11.8 Å². The minimum Gasteiger partial charge on any atom is -0.377 e.